The molecule has 3 rings (SSSR count). The highest BCUT2D eigenvalue weighted by atomic mass is 79.9. The highest BCUT2D eigenvalue weighted by Crippen LogP contribution is 2.31. The number of rotatable bonds is 2. The van der Waals surface area contributed by atoms with Gasteiger partial charge in [-0.2, -0.15) is 0 Å². The zero-order valence-corrected chi connectivity index (χ0v) is 14.4. The fourth-order valence-corrected chi connectivity index (χ4v) is 3.19. The second-order valence-electron chi connectivity index (χ2n) is 4.98. The van der Waals surface area contributed by atoms with Gasteiger partial charge in [0.05, 0.1) is 17.1 Å². The van der Waals surface area contributed by atoms with Gasteiger partial charge in [0.25, 0.3) is 0 Å². The number of nitrogens with one attached hydrogen (secondary N) is 2. The number of H-pyrrole nitrogens is 2. The van der Waals surface area contributed by atoms with Crippen molar-refractivity contribution in [3.05, 3.63) is 66.5 Å². The van der Waals surface area contributed by atoms with Crippen molar-refractivity contribution in [2.24, 2.45) is 5.73 Å². The molecular formula is C15H13Br2N3O. The van der Waals surface area contributed by atoms with Gasteiger partial charge >= 0.3 is 5.69 Å². The van der Waals surface area contributed by atoms with Gasteiger partial charge in [-0.25, -0.2) is 4.79 Å². The zero-order chi connectivity index (χ0) is 15.1. The minimum absolute atomic E-state index is 0.220. The molecule has 0 aliphatic heterocycles. The first-order valence-electron chi connectivity index (χ1n) is 6.39. The van der Waals surface area contributed by atoms with Crippen molar-refractivity contribution in [2.45, 2.75) is 13.0 Å². The first-order valence-corrected chi connectivity index (χ1v) is 7.97. The van der Waals surface area contributed by atoms with Crippen LogP contribution in [0.5, 0.6) is 0 Å². The minimum atomic E-state index is -0.269. The van der Waals surface area contributed by atoms with Gasteiger partial charge < -0.3 is 15.7 Å². The van der Waals surface area contributed by atoms with Crippen LogP contribution in [0.15, 0.2) is 44.1 Å². The predicted molar refractivity (Wildman–Crippen MR) is 91.5 cm³/mol. The second kappa shape index (κ2) is 5.44. The van der Waals surface area contributed by atoms with E-state index in [0.717, 1.165) is 36.7 Å². The van der Waals surface area contributed by atoms with Crippen LogP contribution in [0.25, 0.3) is 11.0 Å². The van der Waals surface area contributed by atoms with Crippen LogP contribution in [0.4, 0.5) is 0 Å². The summed E-state index contributed by atoms with van der Waals surface area (Å²) in [5.41, 5.74) is 10.8. The lowest BCUT2D eigenvalue weighted by Gasteiger charge is -2.15. The quantitative estimate of drug-likeness (QED) is 0.601. The molecule has 0 saturated heterocycles. The topological polar surface area (TPSA) is 74.7 Å². The van der Waals surface area contributed by atoms with Crippen LogP contribution in [0.1, 0.15) is 22.7 Å². The Labute approximate surface area is 138 Å². The highest BCUT2D eigenvalue weighted by Gasteiger charge is 2.15. The van der Waals surface area contributed by atoms with Crippen LogP contribution in [-0.4, -0.2) is 9.97 Å². The number of hydrogen-bond donors (Lipinski definition) is 3. The third kappa shape index (κ3) is 2.71. The van der Waals surface area contributed by atoms with E-state index in [-0.39, 0.29) is 11.7 Å². The Morgan fingerprint density at radius 1 is 1.05 bits per heavy atom. The standard InChI is InChI=1S/C15H13Br2N3O/c1-7-4-8(2-3-10(7)16)14(18)9-5-12-13(6-11(9)17)20-15(21)19-12/h2-6,14H,18H2,1H3,(H2,19,20,21). The van der Waals surface area contributed by atoms with E-state index in [1.807, 2.05) is 31.2 Å². The van der Waals surface area contributed by atoms with Crippen molar-refractivity contribution in [3.8, 4) is 0 Å². The van der Waals surface area contributed by atoms with E-state index >= 15 is 0 Å². The van der Waals surface area contributed by atoms with Gasteiger partial charge in [-0.1, -0.05) is 44.0 Å². The van der Waals surface area contributed by atoms with E-state index in [1.54, 1.807) is 0 Å². The third-order valence-corrected chi connectivity index (χ3v) is 5.09. The van der Waals surface area contributed by atoms with Gasteiger partial charge in [0, 0.05) is 8.95 Å². The molecule has 3 aromatic rings. The Bertz CT molecular complexity index is 882. The summed E-state index contributed by atoms with van der Waals surface area (Å²) in [6.45, 7) is 2.03. The molecule has 0 amide bonds. The lowest BCUT2D eigenvalue weighted by molar-refractivity contribution is 0.865. The predicted octanol–water partition coefficient (Wildman–Crippen LogP) is 3.74. The average molecular weight is 411 g/mol. The number of halogens is 2. The van der Waals surface area contributed by atoms with E-state index in [4.69, 9.17) is 5.73 Å². The molecule has 0 fully saturated rings. The van der Waals surface area contributed by atoms with Crippen molar-refractivity contribution in [3.63, 3.8) is 0 Å². The number of benzene rings is 2. The van der Waals surface area contributed by atoms with Gasteiger partial charge in [-0.15, -0.1) is 0 Å². The number of aromatic amines is 2. The Hall–Kier alpha value is -1.37. The van der Waals surface area contributed by atoms with Crippen LogP contribution >= 0.6 is 31.9 Å². The maximum atomic E-state index is 11.4. The molecule has 4 nitrogen and oxygen atoms in total. The monoisotopic (exact) mass is 409 g/mol. The van der Waals surface area contributed by atoms with Crippen molar-refractivity contribution >= 4 is 42.9 Å². The molecule has 1 aromatic heterocycles. The molecule has 0 bridgehead atoms. The van der Waals surface area contributed by atoms with Crippen molar-refractivity contribution in [1.82, 2.24) is 9.97 Å². The van der Waals surface area contributed by atoms with Gasteiger partial charge in [-0.05, 0) is 41.8 Å². The van der Waals surface area contributed by atoms with Gasteiger partial charge in [-0.3, -0.25) is 0 Å². The molecule has 0 spiro atoms. The molecule has 1 atom stereocenters. The summed E-state index contributed by atoms with van der Waals surface area (Å²) < 4.78 is 1.93. The number of imidazole rings is 1. The molecule has 1 heterocycles. The van der Waals surface area contributed by atoms with Gasteiger partial charge in [0.1, 0.15) is 0 Å². The molecule has 0 saturated carbocycles. The summed E-state index contributed by atoms with van der Waals surface area (Å²) in [6, 6.07) is 9.56. The van der Waals surface area contributed by atoms with E-state index in [9.17, 15) is 4.79 Å². The van der Waals surface area contributed by atoms with Gasteiger partial charge in [0.2, 0.25) is 0 Å². The van der Waals surface area contributed by atoms with Crippen LogP contribution in [0.3, 0.4) is 0 Å². The zero-order valence-electron chi connectivity index (χ0n) is 11.2. The number of aryl methyl sites for hydroxylation is 1. The summed E-state index contributed by atoms with van der Waals surface area (Å²) in [5.74, 6) is 0. The summed E-state index contributed by atoms with van der Waals surface area (Å²) in [5, 5.41) is 0. The molecule has 2 aromatic carbocycles. The number of hydrogen-bond acceptors (Lipinski definition) is 2. The van der Waals surface area contributed by atoms with E-state index in [2.05, 4.69) is 47.9 Å². The lowest BCUT2D eigenvalue weighted by Crippen LogP contribution is -2.12. The number of fused-ring (bicyclic) bond motifs is 1. The third-order valence-electron chi connectivity index (χ3n) is 3.51. The van der Waals surface area contributed by atoms with Crippen LogP contribution in [0.2, 0.25) is 0 Å². The maximum absolute atomic E-state index is 11.4. The smallest absolute Gasteiger partial charge is 0.320 e. The first kappa shape index (κ1) is 14.6. The van der Waals surface area contributed by atoms with Crippen LogP contribution < -0.4 is 11.4 Å². The van der Waals surface area contributed by atoms with Crippen LogP contribution in [-0.2, 0) is 0 Å². The average Bonchev–Trinajstić information content (AvgIpc) is 2.79. The second-order valence-corrected chi connectivity index (χ2v) is 6.69. The summed E-state index contributed by atoms with van der Waals surface area (Å²) >= 11 is 7.02. The molecule has 4 N–H and O–H groups in total. The highest BCUT2D eigenvalue weighted by molar-refractivity contribution is 9.10. The van der Waals surface area contributed by atoms with Crippen molar-refractivity contribution < 1.29 is 0 Å². The molecule has 0 aliphatic carbocycles. The minimum Gasteiger partial charge on any atom is -0.320 e. The van der Waals surface area contributed by atoms with Gasteiger partial charge in [0.15, 0.2) is 0 Å². The largest absolute Gasteiger partial charge is 0.323 e. The molecule has 1 unspecified atom stereocenters. The summed E-state index contributed by atoms with van der Waals surface area (Å²) in [6.07, 6.45) is 0. The van der Waals surface area contributed by atoms with E-state index in [0.29, 0.717) is 0 Å². The lowest BCUT2D eigenvalue weighted by atomic mass is 9.98. The molecule has 6 heteroatoms. The SMILES string of the molecule is Cc1cc(C(N)c2cc3[nH]c(=O)[nH]c3cc2Br)ccc1Br. The Kier molecular flexibility index (Phi) is 3.77. The molecular weight excluding hydrogens is 398 g/mol. The molecule has 0 aliphatic rings. The fraction of sp³-hybridized carbons (Fsp3) is 0.133. The maximum Gasteiger partial charge on any atom is 0.323 e. The normalized spacial score (nSPS) is 12.8. The van der Waals surface area contributed by atoms with Crippen LogP contribution in [0, 0.1) is 6.92 Å². The Morgan fingerprint density at radius 3 is 2.38 bits per heavy atom. The van der Waals surface area contributed by atoms with E-state index < -0.39 is 0 Å². The van der Waals surface area contributed by atoms with Crippen molar-refractivity contribution in [2.75, 3.05) is 0 Å². The Balaban J connectivity index is 2.11. The first-order chi connectivity index (χ1) is 9.95. The molecule has 21 heavy (non-hydrogen) atoms. The molecule has 108 valence electrons. The number of nitrogens with two attached hydrogens (primary N) is 1. The van der Waals surface area contributed by atoms with E-state index in [1.165, 1.54) is 0 Å². The van der Waals surface area contributed by atoms with Crippen molar-refractivity contribution in [1.29, 1.82) is 0 Å². The molecule has 0 radical (unpaired) electrons. The number of aromatic nitrogens is 2. The summed E-state index contributed by atoms with van der Waals surface area (Å²) in [7, 11) is 0. The fourth-order valence-electron chi connectivity index (χ4n) is 2.35. The Morgan fingerprint density at radius 2 is 1.71 bits per heavy atom. The summed E-state index contributed by atoms with van der Waals surface area (Å²) in [4.78, 5) is 16.9.